The maximum absolute atomic E-state index is 12.5. The molecule has 0 radical (unpaired) electrons. The van der Waals surface area contributed by atoms with Crippen molar-refractivity contribution in [2.75, 3.05) is 25.0 Å². The number of anilines is 1. The second kappa shape index (κ2) is 9.49. The number of pyridine rings is 1. The summed E-state index contributed by atoms with van der Waals surface area (Å²) in [6, 6.07) is 5.74. The van der Waals surface area contributed by atoms with Crippen LogP contribution in [0.5, 0.6) is 0 Å². The SMILES string of the molecule is O=C(COC(=O)c1ncc(Cl)c(Cl)c1Cl)Nc1ccc(S(=O)(=O)N2CCCC2)cc1. The second-order valence-electron chi connectivity index (χ2n) is 6.34. The number of amides is 1. The molecule has 12 heteroatoms. The molecule has 1 aliphatic rings. The Labute approximate surface area is 188 Å². The largest absolute Gasteiger partial charge is 0.451 e. The van der Waals surface area contributed by atoms with E-state index in [1.807, 2.05) is 0 Å². The average molecular weight is 493 g/mol. The van der Waals surface area contributed by atoms with Crippen molar-refractivity contribution in [3.05, 3.63) is 51.2 Å². The fourth-order valence-corrected chi connectivity index (χ4v) is 4.84. The monoisotopic (exact) mass is 491 g/mol. The number of carbonyl (C=O) groups excluding carboxylic acids is 2. The van der Waals surface area contributed by atoms with E-state index in [1.165, 1.54) is 28.6 Å². The molecule has 2 heterocycles. The molecule has 0 unspecified atom stereocenters. The first-order chi connectivity index (χ1) is 14.2. The van der Waals surface area contributed by atoms with Crippen molar-refractivity contribution in [3.8, 4) is 0 Å². The van der Waals surface area contributed by atoms with Gasteiger partial charge < -0.3 is 10.1 Å². The zero-order valence-corrected chi connectivity index (χ0v) is 18.5. The van der Waals surface area contributed by atoms with Crippen molar-refractivity contribution in [1.29, 1.82) is 0 Å². The van der Waals surface area contributed by atoms with E-state index in [2.05, 4.69) is 10.3 Å². The lowest BCUT2D eigenvalue weighted by molar-refractivity contribution is -0.119. The third-order valence-electron chi connectivity index (χ3n) is 4.29. The molecule has 1 aliphatic heterocycles. The Balaban J connectivity index is 1.57. The summed E-state index contributed by atoms with van der Waals surface area (Å²) in [6.07, 6.45) is 2.83. The minimum Gasteiger partial charge on any atom is -0.451 e. The maximum Gasteiger partial charge on any atom is 0.359 e. The van der Waals surface area contributed by atoms with E-state index in [0.717, 1.165) is 19.0 Å². The zero-order chi connectivity index (χ0) is 21.9. The van der Waals surface area contributed by atoms with Gasteiger partial charge in [-0.15, -0.1) is 0 Å². The van der Waals surface area contributed by atoms with E-state index >= 15 is 0 Å². The van der Waals surface area contributed by atoms with Crippen LogP contribution in [0.4, 0.5) is 5.69 Å². The van der Waals surface area contributed by atoms with E-state index < -0.39 is 28.5 Å². The first-order valence-electron chi connectivity index (χ1n) is 8.77. The van der Waals surface area contributed by atoms with Gasteiger partial charge in [-0.1, -0.05) is 34.8 Å². The molecule has 30 heavy (non-hydrogen) atoms. The smallest absolute Gasteiger partial charge is 0.359 e. The van der Waals surface area contributed by atoms with Gasteiger partial charge in [0.15, 0.2) is 12.3 Å². The lowest BCUT2D eigenvalue weighted by atomic mass is 10.3. The lowest BCUT2D eigenvalue weighted by Crippen LogP contribution is -2.27. The third kappa shape index (κ3) is 5.04. The topological polar surface area (TPSA) is 106 Å². The van der Waals surface area contributed by atoms with Crippen LogP contribution in [-0.4, -0.2) is 49.3 Å². The predicted octanol–water partition coefficient (Wildman–Crippen LogP) is 3.62. The van der Waals surface area contributed by atoms with Gasteiger partial charge in [0.25, 0.3) is 5.91 Å². The van der Waals surface area contributed by atoms with Gasteiger partial charge in [0, 0.05) is 25.0 Å². The van der Waals surface area contributed by atoms with Gasteiger partial charge in [-0.05, 0) is 37.1 Å². The summed E-state index contributed by atoms with van der Waals surface area (Å²) in [5.41, 5.74) is 0.0810. The number of carbonyl (C=O) groups is 2. The second-order valence-corrected chi connectivity index (χ2v) is 9.44. The highest BCUT2D eigenvalue weighted by atomic mass is 35.5. The summed E-state index contributed by atoms with van der Waals surface area (Å²) in [5, 5.41) is 2.36. The summed E-state index contributed by atoms with van der Waals surface area (Å²) in [4.78, 5) is 28.0. The minimum absolute atomic E-state index is 0.0475. The molecule has 0 aliphatic carbocycles. The molecule has 0 atom stereocenters. The van der Waals surface area contributed by atoms with Crippen molar-refractivity contribution in [3.63, 3.8) is 0 Å². The van der Waals surface area contributed by atoms with Crippen molar-refractivity contribution in [2.45, 2.75) is 17.7 Å². The molecule has 1 fully saturated rings. The predicted molar refractivity (Wildman–Crippen MR) is 113 cm³/mol. The molecule has 160 valence electrons. The summed E-state index contributed by atoms with van der Waals surface area (Å²) in [6.45, 7) is 0.401. The first-order valence-corrected chi connectivity index (χ1v) is 11.3. The van der Waals surface area contributed by atoms with Crippen LogP contribution in [0.2, 0.25) is 15.1 Å². The van der Waals surface area contributed by atoms with E-state index in [-0.39, 0.29) is 25.7 Å². The number of benzene rings is 1. The van der Waals surface area contributed by atoms with E-state index in [0.29, 0.717) is 18.8 Å². The Morgan fingerprint density at radius 1 is 1.07 bits per heavy atom. The minimum atomic E-state index is -3.54. The summed E-state index contributed by atoms with van der Waals surface area (Å²) < 4.78 is 31.3. The number of ether oxygens (including phenoxy) is 1. The van der Waals surface area contributed by atoms with Crippen LogP contribution in [-0.2, 0) is 19.6 Å². The Hall–Kier alpha value is -1.91. The van der Waals surface area contributed by atoms with Crippen LogP contribution < -0.4 is 5.32 Å². The van der Waals surface area contributed by atoms with Gasteiger partial charge in [0.2, 0.25) is 10.0 Å². The Bertz CT molecular complexity index is 1070. The highest BCUT2D eigenvalue weighted by molar-refractivity contribution is 7.89. The number of hydrogen-bond acceptors (Lipinski definition) is 6. The van der Waals surface area contributed by atoms with Crippen LogP contribution in [0.3, 0.4) is 0 Å². The van der Waals surface area contributed by atoms with Gasteiger partial charge in [0.1, 0.15) is 0 Å². The molecule has 0 bridgehead atoms. The van der Waals surface area contributed by atoms with Crippen LogP contribution in [0.1, 0.15) is 23.3 Å². The molecular weight excluding hydrogens is 477 g/mol. The van der Waals surface area contributed by atoms with E-state index in [1.54, 1.807) is 0 Å². The van der Waals surface area contributed by atoms with Crippen molar-refractivity contribution < 1.29 is 22.7 Å². The number of nitrogens with one attached hydrogen (secondary N) is 1. The van der Waals surface area contributed by atoms with Gasteiger partial charge in [0.05, 0.1) is 20.0 Å². The van der Waals surface area contributed by atoms with Crippen molar-refractivity contribution >= 4 is 62.4 Å². The normalized spacial score (nSPS) is 14.5. The summed E-state index contributed by atoms with van der Waals surface area (Å²) >= 11 is 17.5. The number of halogens is 3. The van der Waals surface area contributed by atoms with Crippen molar-refractivity contribution in [2.24, 2.45) is 0 Å². The molecule has 0 saturated carbocycles. The molecule has 1 N–H and O–H groups in total. The fourth-order valence-electron chi connectivity index (χ4n) is 2.77. The van der Waals surface area contributed by atoms with Crippen LogP contribution >= 0.6 is 34.8 Å². The van der Waals surface area contributed by atoms with E-state index in [4.69, 9.17) is 39.5 Å². The molecule has 0 spiro atoms. The molecule has 2 aromatic rings. The molecule has 3 rings (SSSR count). The number of aromatic nitrogens is 1. The number of hydrogen-bond donors (Lipinski definition) is 1. The number of sulfonamides is 1. The molecule has 1 aromatic carbocycles. The number of rotatable bonds is 6. The average Bonchev–Trinajstić information content (AvgIpc) is 3.27. The summed E-state index contributed by atoms with van der Waals surface area (Å²) in [5.74, 6) is -1.57. The van der Waals surface area contributed by atoms with Crippen molar-refractivity contribution in [1.82, 2.24) is 9.29 Å². The number of esters is 1. The van der Waals surface area contributed by atoms with Gasteiger partial charge in [-0.3, -0.25) is 4.79 Å². The van der Waals surface area contributed by atoms with Gasteiger partial charge in [-0.25, -0.2) is 18.2 Å². The quantitative estimate of drug-likeness (QED) is 0.617. The third-order valence-corrected chi connectivity index (χ3v) is 7.44. The van der Waals surface area contributed by atoms with Gasteiger partial charge >= 0.3 is 5.97 Å². The first kappa shape index (κ1) is 22.8. The summed E-state index contributed by atoms with van der Waals surface area (Å²) in [7, 11) is -3.54. The van der Waals surface area contributed by atoms with Crippen LogP contribution in [0.25, 0.3) is 0 Å². The number of nitrogens with zero attached hydrogens (tertiary/aromatic N) is 2. The molecule has 8 nitrogen and oxygen atoms in total. The highest BCUT2D eigenvalue weighted by Gasteiger charge is 2.27. The Morgan fingerprint density at radius 3 is 2.33 bits per heavy atom. The molecule has 1 aromatic heterocycles. The Kier molecular flexibility index (Phi) is 7.20. The van der Waals surface area contributed by atoms with Crippen LogP contribution in [0, 0.1) is 0 Å². The lowest BCUT2D eigenvalue weighted by Gasteiger charge is -2.15. The zero-order valence-electron chi connectivity index (χ0n) is 15.4. The molecular formula is C18H16Cl3N3O5S. The van der Waals surface area contributed by atoms with E-state index in [9.17, 15) is 18.0 Å². The molecule has 1 saturated heterocycles. The maximum atomic E-state index is 12.5. The highest BCUT2D eigenvalue weighted by Crippen LogP contribution is 2.31. The fraction of sp³-hybridized carbons (Fsp3) is 0.278. The Morgan fingerprint density at radius 2 is 1.70 bits per heavy atom. The standard InChI is InChI=1S/C18H16Cl3N3O5S/c19-13-9-22-17(16(21)15(13)20)18(26)29-10-14(25)23-11-3-5-12(6-4-11)30(27,28)24-7-1-2-8-24/h3-6,9H,1-2,7-8,10H2,(H,23,25). The van der Waals surface area contributed by atoms with Gasteiger partial charge in [-0.2, -0.15) is 4.31 Å². The molecule has 1 amide bonds. The van der Waals surface area contributed by atoms with Crippen LogP contribution in [0.15, 0.2) is 35.4 Å².